The largest absolute Gasteiger partial charge is 0.370 e. The van der Waals surface area contributed by atoms with Gasteiger partial charge in [0.2, 0.25) is 10.0 Å². The van der Waals surface area contributed by atoms with Crippen molar-refractivity contribution in [3.8, 4) is 0 Å². The molecule has 0 fully saturated rings. The van der Waals surface area contributed by atoms with Crippen LogP contribution in [0.25, 0.3) is 0 Å². The lowest BCUT2D eigenvalue weighted by atomic mass is 10.2. The minimum absolute atomic E-state index is 0.0718. The highest BCUT2D eigenvalue weighted by Gasteiger charge is 2.21. The van der Waals surface area contributed by atoms with E-state index < -0.39 is 10.0 Å². The third kappa shape index (κ3) is 3.92. The number of rotatable bonds is 7. The van der Waals surface area contributed by atoms with Crippen molar-refractivity contribution in [2.75, 3.05) is 25.0 Å². The summed E-state index contributed by atoms with van der Waals surface area (Å²) in [5.41, 5.74) is 6.31. The molecule has 108 valence electrons. The summed E-state index contributed by atoms with van der Waals surface area (Å²) < 4.78 is 27.1. The molecular weight excluding hydrogens is 262 g/mol. The van der Waals surface area contributed by atoms with Gasteiger partial charge in [-0.15, -0.1) is 0 Å². The highest BCUT2D eigenvalue weighted by molar-refractivity contribution is 7.89. The van der Waals surface area contributed by atoms with Crippen molar-refractivity contribution in [3.63, 3.8) is 0 Å². The minimum atomic E-state index is -3.47. The highest BCUT2D eigenvalue weighted by Crippen LogP contribution is 2.25. The zero-order valence-corrected chi connectivity index (χ0v) is 12.6. The lowest BCUT2D eigenvalue weighted by Crippen LogP contribution is -2.37. The average molecular weight is 285 g/mol. The van der Waals surface area contributed by atoms with Gasteiger partial charge in [0.1, 0.15) is 4.90 Å². The summed E-state index contributed by atoms with van der Waals surface area (Å²) in [4.78, 5) is 2.19. The normalized spacial score (nSPS) is 13.3. The van der Waals surface area contributed by atoms with Crippen LogP contribution >= 0.6 is 0 Å². The lowest BCUT2D eigenvalue weighted by molar-refractivity contribution is 0.579. The molecule has 1 rings (SSSR count). The number of nitrogens with one attached hydrogen (secondary N) is 1. The van der Waals surface area contributed by atoms with Crippen molar-refractivity contribution >= 4 is 15.7 Å². The number of hydrogen-bond acceptors (Lipinski definition) is 4. The van der Waals surface area contributed by atoms with Crippen LogP contribution in [0.15, 0.2) is 29.2 Å². The summed E-state index contributed by atoms with van der Waals surface area (Å²) in [6, 6.07) is 7.04. The fourth-order valence-electron chi connectivity index (χ4n) is 1.69. The summed E-state index contributed by atoms with van der Waals surface area (Å²) >= 11 is 0. The van der Waals surface area contributed by atoms with Gasteiger partial charge in [0.05, 0.1) is 5.69 Å². The van der Waals surface area contributed by atoms with Gasteiger partial charge in [-0.1, -0.05) is 19.1 Å². The van der Waals surface area contributed by atoms with Crippen LogP contribution in [0.1, 0.15) is 20.3 Å². The van der Waals surface area contributed by atoms with E-state index in [1.54, 1.807) is 18.2 Å². The lowest BCUT2D eigenvalue weighted by Gasteiger charge is -2.27. The molecule has 0 saturated heterocycles. The predicted molar refractivity (Wildman–Crippen MR) is 78.8 cm³/mol. The molecule has 0 aliphatic heterocycles. The molecule has 3 N–H and O–H groups in total. The number of benzene rings is 1. The number of para-hydroxylation sites is 1. The number of likely N-dealkylation sites (N-methyl/N-ethyl adjacent to an activating group) is 1. The molecule has 1 unspecified atom stereocenters. The smallest absolute Gasteiger partial charge is 0.242 e. The van der Waals surface area contributed by atoms with Crippen LogP contribution in [-0.2, 0) is 10.0 Å². The van der Waals surface area contributed by atoms with Gasteiger partial charge in [0.15, 0.2) is 0 Å². The Balaban J connectivity index is 3.15. The van der Waals surface area contributed by atoms with Crippen LogP contribution in [0.4, 0.5) is 5.69 Å². The second-order valence-corrected chi connectivity index (χ2v) is 6.30. The maximum atomic E-state index is 12.3. The molecule has 0 saturated carbocycles. The molecule has 0 radical (unpaired) electrons. The van der Waals surface area contributed by atoms with Gasteiger partial charge >= 0.3 is 0 Å². The van der Waals surface area contributed by atoms with E-state index in [9.17, 15) is 8.42 Å². The van der Waals surface area contributed by atoms with Crippen molar-refractivity contribution in [2.24, 2.45) is 5.73 Å². The third-order valence-corrected chi connectivity index (χ3v) is 4.59. The van der Waals surface area contributed by atoms with Crippen molar-refractivity contribution in [1.82, 2.24) is 4.72 Å². The number of nitrogens with two attached hydrogens (primary N) is 1. The Kier molecular flexibility index (Phi) is 5.78. The van der Waals surface area contributed by atoms with E-state index in [1.807, 2.05) is 31.9 Å². The van der Waals surface area contributed by atoms with Crippen molar-refractivity contribution < 1.29 is 8.42 Å². The number of nitrogens with zero attached hydrogens (tertiary/aromatic N) is 1. The Morgan fingerprint density at radius 1 is 1.37 bits per heavy atom. The number of hydrogen-bond donors (Lipinski definition) is 2. The number of sulfonamides is 1. The van der Waals surface area contributed by atoms with Gasteiger partial charge < -0.3 is 10.6 Å². The zero-order valence-electron chi connectivity index (χ0n) is 11.8. The maximum absolute atomic E-state index is 12.3. The SMILES string of the molecule is CCCNS(=O)(=O)c1ccccc1N(C)C(C)CN. The molecule has 6 heteroatoms. The summed E-state index contributed by atoms with van der Waals surface area (Å²) in [6.45, 7) is 4.79. The van der Waals surface area contributed by atoms with Crippen LogP contribution < -0.4 is 15.4 Å². The quantitative estimate of drug-likeness (QED) is 0.788. The summed E-state index contributed by atoms with van der Waals surface area (Å²) in [5, 5.41) is 0. The molecular formula is C13H23N3O2S. The van der Waals surface area contributed by atoms with Crippen molar-refractivity contribution in [1.29, 1.82) is 0 Å². The van der Waals surface area contributed by atoms with Gasteiger partial charge in [0, 0.05) is 26.2 Å². The first kappa shape index (κ1) is 15.9. The maximum Gasteiger partial charge on any atom is 0.242 e. The van der Waals surface area contributed by atoms with E-state index in [0.29, 0.717) is 23.7 Å². The van der Waals surface area contributed by atoms with E-state index in [4.69, 9.17) is 5.73 Å². The standard InChI is InChI=1S/C13H23N3O2S/c1-4-9-15-19(17,18)13-8-6-5-7-12(13)16(3)11(2)10-14/h5-8,11,15H,4,9-10,14H2,1-3H3. The van der Waals surface area contributed by atoms with Crippen LogP contribution in [0.2, 0.25) is 0 Å². The van der Waals surface area contributed by atoms with Crippen LogP contribution in [0.5, 0.6) is 0 Å². The summed E-state index contributed by atoms with van der Waals surface area (Å²) in [7, 11) is -1.62. The molecule has 0 aliphatic carbocycles. The van der Waals surface area contributed by atoms with E-state index in [0.717, 1.165) is 6.42 Å². The van der Waals surface area contributed by atoms with Crippen LogP contribution in [0, 0.1) is 0 Å². The number of anilines is 1. The molecule has 0 aromatic heterocycles. The van der Waals surface area contributed by atoms with E-state index >= 15 is 0 Å². The fourth-order valence-corrected chi connectivity index (χ4v) is 3.06. The van der Waals surface area contributed by atoms with Gasteiger partial charge in [-0.3, -0.25) is 0 Å². The molecule has 5 nitrogen and oxygen atoms in total. The zero-order chi connectivity index (χ0) is 14.5. The van der Waals surface area contributed by atoms with Crippen molar-refractivity contribution in [3.05, 3.63) is 24.3 Å². The molecule has 1 aromatic carbocycles. The van der Waals surface area contributed by atoms with Gasteiger partial charge in [-0.25, -0.2) is 13.1 Å². The van der Waals surface area contributed by atoms with Gasteiger partial charge in [-0.05, 0) is 25.5 Å². The first-order valence-electron chi connectivity index (χ1n) is 6.45. The van der Waals surface area contributed by atoms with Crippen LogP contribution in [0.3, 0.4) is 0 Å². The molecule has 1 aromatic rings. The molecule has 0 amide bonds. The average Bonchev–Trinajstić information content (AvgIpc) is 2.43. The van der Waals surface area contributed by atoms with Gasteiger partial charge in [-0.2, -0.15) is 0 Å². The van der Waals surface area contributed by atoms with E-state index in [2.05, 4.69) is 4.72 Å². The van der Waals surface area contributed by atoms with E-state index in [1.165, 1.54) is 0 Å². The second-order valence-electron chi connectivity index (χ2n) is 4.56. The Bertz CT molecular complexity index is 502. The molecule has 0 aliphatic rings. The molecule has 0 heterocycles. The monoisotopic (exact) mass is 285 g/mol. The Morgan fingerprint density at radius 3 is 2.58 bits per heavy atom. The topological polar surface area (TPSA) is 75.4 Å². The third-order valence-electron chi connectivity index (χ3n) is 3.08. The first-order chi connectivity index (χ1) is 8.94. The summed E-state index contributed by atoms with van der Waals surface area (Å²) in [5.74, 6) is 0. The molecule has 0 spiro atoms. The highest BCUT2D eigenvalue weighted by atomic mass is 32.2. The predicted octanol–water partition coefficient (Wildman–Crippen LogP) is 1.16. The Hall–Kier alpha value is -1.11. The molecule has 1 atom stereocenters. The minimum Gasteiger partial charge on any atom is -0.370 e. The molecule has 0 bridgehead atoms. The van der Waals surface area contributed by atoms with Crippen molar-refractivity contribution in [2.45, 2.75) is 31.2 Å². The molecule has 19 heavy (non-hydrogen) atoms. The second kappa shape index (κ2) is 6.88. The Morgan fingerprint density at radius 2 is 2.00 bits per heavy atom. The summed E-state index contributed by atoms with van der Waals surface area (Å²) in [6.07, 6.45) is 0.760. The van der Waals surface area contributed by atoms with Gasteiger partial charge in [0.25, 0.3) is 0 Å². The van der Waals surface area contributed by atoms with E-state index in [-0.39, 0.29) is 6.04 Å². The Labute approximate surface area is 115 Å². The van der Waals surface area contributed by atoms with Crippen LogP contribution in [-0.4, -0.2) is 34.6 Å². The first-order valence-corrected chi connectivity index (χ1v) is 7.94. The fraction of sp³-hybridized carbons (Fsp3) is 0.538.